The fourth-order valence-electron chi connectivity index (χ4n) is 3.63. The number of benzene rings is 3. The van der Waals surface area contributed by atoms with Crippen molar-refractivity contribution in [1.82, 2.24) is 4.98 Å². The predicted molar refractivity (Wildman–Crippen MR) is 132 cm³/mol. The molecule has 1 N–H and O–H groups in total. The van der Waals surface area contributed by atoms with Crippen LogP contribution in [0.4, 0.5) is 26.3 Å². The summed E-state index contributed by atoms with van der Waals surface area (Å²) in [4.78, 5) is 15.5. The number of carboxylic acid groups (broad SMARTS) is 1. The van der Waals surface area contributed by atoms with E-state index in [1.165, 1.54) is 30.3 Å². The number of thiazole rings is 1. The second kappa shape index (κ2) is 11.0. The van der Waals surface area contributed by atoms with E-state index in [9.17, 15) is 31.1 Å². The number of aryl methyl sites for hydroxylation is 1. The third-order valence-electron chi connectivity index (χ3n) is 5.47. The minimum Gasteiger partial charge on any atom is -0.486 e. The predicted octanol–water partition coefficient (Wildman–Crippen LogP) is 7.87. The highest BCUT2D eigenvalue weighted by atomic mass is 32.1. The van der Waals surface area contributed by atoms with E-state index < -0.39 is 36.1 Å². The number of hydrogen-bond donors (Lipinski definition) is 1. The van der Waals surface area contributed by atoms with E-state index in [0.717, 1.165) is 35.6 Å². The maximum Gasteiger partial charge on any atom is 0.416 e. The standard InChI is InChI=1S/C27H19F6NO4S/c1-15-11-20(9-10-21(15)38-14-23(35)36)37-13-22-34-24(16-5-7-18(8-6-16)26(28,29)30)25(39-22)17-3-2-4-19(12-17)27(31,32)33/h2-12H,13-14H2,1H3,(H,35,36). The number of rotatable bonds is 8. The Morgan fingerprint density at radius 1 is 0.872 bits per heavy atom. The number of aliphatic carboxylic acids is 1. The smallest absolute Gasteiger partial charge is 0.416 e. The number of hydrogen-bond acceptors (Lipinski definition) is 5. The van der Waals surface area contributed by atoms with Crippen LogP contribution in [0.2, 0.25) is 0 Å². The van der Waals surface area contributed by atoms with Gasteiger partial charge in [-0.3, -0.25) is 0 Å². The maximum absolute atomic E-state index is 13.3. The van der Waals surface area contributed by atoms with Crippen LogP contribution in [0.5, 0.6) is 11.5 Å². The van der Waals surface area contributed by atoms with Crippen LogP contribution in [0.3, 0.4) is 0 Å². The number of nitrogens with zero attached hydrogens (tertiary/aromatic N) is 1. The van der Waals surface area contributed by atoms with Crippen molar-refractivity contribution >= 4 is 17.3 Å². The summed E-state index contributed by atoms with van der Waals surface area (Å²) in [5.41, 5.74) is -0.391. The number of aromatic nitrogens is 1. The van der Waals surface area contributed by atoms with Gasteiger partial charge in [-0.05, 0) is 60.5 Å². The Morgan fingerprint density at radius 3 is 2.18 bits per heavy atom. The average Bonchev–Trinajstić information content (AvgIpc) is 3.30. The van der Waals surface area contributed by atoms with Crippen LogP contribution in [0.15, 0.2) is 66.7 Å². The van der Waals surface area contributed by atoms with Crippen molar-refractivity contribution in [3.8, 4) is 33.2 Å². The highest BCUT2D eigenvalue weighted by Crippen LogP contribution is 2.40. The number of carboxylic acids is 1. The van der Waals surface area contributed by atoms with Crippen LogP contribution in [-0.4, -0.2) is 22.7 Å². The van der Waals surface area contributed by atoms with Crippen molar-refractivity contribution in [2.45, 2.75) is 25.9 Å². The molecule has 1 aromatic heterocycles. The van der Waals surface area contributed by atoms with Gasteiger partial charge in [0.05, 0.1) is 21.7 Å². The van der Waals surface area contributed by atoms with Gasteiger partial charge in [0.1, 0.15) is 23.1 Å². The first kappa shape index (κ1) is 28.0. The van der Waals surface area contributed by atoms with Crippen LogP contribution < -0.4 is 9.47 Å². The fourth-order valence-corrected chi connectivity index (χ4v) is 4.62. The molecule has 0 unspecified atom stereocenters. The Morgan fingerprint density at radius 2 is 1.56 bits per heavy atom. The molecule has 0 aliphatic heterocycles. The van der Waals surface area contributed by atoms with Gasteiger partial charge >= 0.3 is 18.3 Å². The SMILES string of the molecule is Cc1cc(OCc2nc(-c3ccc(C(F)(F)F)cc3)c(-c3cccc(C(F)(F)F)c3)s2)ccc1OCC(=O)O. The first-order valence-corrected chi connectivity index (χ1v) is 12.1. The summed E-state index contributed by atoms with van der Waals surface area (Å²) in [5, 5.41) is 9.14. The zero-order valence-corrected chi connectivity index (χ0v) is 20.9. The van der Waals surface area contributed by atoms with E-state index in [1.807, 2.05) is 0 Å². The Labute approximate surface area is 222 Å². The third-order valence-corrected chi connectivity index (χ3v) is 6.55. The molecule has 0 radical (unpaired) electrons. The van der Waals surface area contributed by atoms with Crippen LogP contribution >= 0.6 is 11.3 Å². The quantitative estimate of drug-likeness (QED) is 0.220. The zero-order chi connectivity index (χ0) is 28.4. The average molecular weight is 568 g/mol. The van der Waals surface area contributed by atoms with Crippen molar-refractivity contribution in [2.24, 2.45) is 0 Å². The molecular weight excluding hydrogens is 548 g/mol. The molecule has 0 saturated carbocycles. The molecule has 0 aliphatic rings. The van der Waals surface area contributed by atoms with Crippen LogP contribution in [0.25, 0.3) is 21.7 Å². The minimum atomic E-state index is -4.58. The highest BCUT2D eigenvalue weighted by Gasteiger charge is 2.32. The second-order valence-corrected chi connectivity index (χ2v) is 9.42. The Hall–Kier alpha value is -4.06. The molecule has 0 fully saturated rings. The number of ether oxygens (including phenoxy) is 2. The monoisotopic (exact) mass is 567 g/mol. The highest BCUT2D eigenvalue weighted by molar-refractivity contribution is 7.15. The third kappa shape index (κ3) is 6.88. The van der Waals surface area contributed by atoms with Crippen LogP contribution in [-0.2, 0) is 23.8 Å². The lowest BCUT2D eigenvalue weighted by molar-refractivity contribution is -0.139. The first-order chi connectivity index (χ1) is 18.3. The molecule has 3 aromatic carbocycles. The van der Waals surface area contributed by atoms with Gasteiger partial charge in [0.15, 0.2) is 6.61 Å². The first-order valence-electron chi connectivity index (χ1n) is 11.2. The zero-order valence-electron chi connectivity index (χ0n) is 20.1. The van der Waals surface area contributed by atoms with Crippen LogP contribution in [0, 0.1) is 6.92 Å². The lowest BCUT2D eigenvalue weighted by Gasteiger charge is -2.10. The molecule has 39 heavy (non-hydrogen) atoms. The normalized spacial score (nSPS) is 11.9. The van der Waals surface area contributed by atoms with Gasteiger partial charge in [0.25, 0.3) is 0 Å². The Bertz CT molecular complexity index is 1480. The molecule has 0 spiro atoms. The molecule has 4 rings (SSSR count). The van der Waals surface area contributed by atoms with Crippen LogP contribution in [0.1, 0.15) is 21.7 Å². The molecule has 0 atom stereocenters. The summed E-state index contributed by atoms with van der Waals surface area (Å²) in [5.74, 6) is -0.364. The Balaban J connectivity index is 1.65. The van der Waals surface area contributed by atoms with E-state index in [2.05, 4.69) is 4.98 Å². The van der Waals surface area contributed by atoms with Crippen molar-refractivity contribution in [1.29, 1.82) is 0 Å². The number of carbonyl (C=O) groups is 1. The van der Waals surface area contributed by atoms with Gasteiger partial charge in [0.2, 0.25) is 0 Å². The van der Waals surface area contributed by atoms with Gasteiger partial charge in [-0.15, -0.1) is 11.3 Å². The minimum absolute atomic E-state index is 0.0773. The second-order valence-electron chi connectivity index (χ2n) is 8.34. The molecule has 0 amide bonds. The summed E-state index contributed by atoms with van der Waals surface area (Å²) >= 11 is 1.06. The van der Waals surface area contributed by atoms with E-state index in [4.69, 9.17) is 14.6 Å². The largest absolute Gasteiger partial charge is 0.486 e. The summed E-state index contributed by atoms with van der Waals surface area (Å²) in [6.07, 6.45) is -9.13. The van der Waals surface area contributed by atoms with Crippen molar-refractivity contribution in [2.75, 3.05) is 6.61 Å². The molecule has 0 bridgehead atoms. The molecule has 1 heterocycles. The lowest BCUT2D eigenvalue weighted by atomic mass is 10.0. The van der Waals surface area contributed by atoms with Crippen molar-refractivity contribution in [3.05, 3.63) is 88.4 Å². The van der Waals surface area contributed by atoms with Crippen molar-refractivity contribution < 1.29 is 45.7 Å². The van der Waals surface area contributed by atoms with E-state index in [0.29, 0.717) is 32.5 Å². The number of alkyl halides is 6. The van der Waals surface area contributed by atoms with Gasteiger partial charge < -0.3 is 14.6 Å². The summed E-state index contributed by atoms with van der Waals surface area (Å²) in [6.45, 7) is 1.11. The van der Waals surface area contributed by atoms with Gasteiger partial charge in [0, 0.05) is 5.56 Å². The van der Waals surface area contributed by atoms with Gasteiger partial charge in [-0.2, -0.15) is 26.3 Å². The van der Waals surface area contributed by atoms with Gasteiger partial charge in [-0.1, -0.05) is 24.3 Å². The molecule has 5 nitrogen and oxygen atoms in total. The molecule has 0 saturated heterocycles. The van der Waals surface area contributed by atoms with Gasteiger partial charge in [-0.25, -0.2) is 9.78 Å². The topological polar surface area (TPSA) is 68.7 Å². The molecule has 0 aliphatic carbocycles. The maximum atomic E-state index is 13.3. The summed E-state index contributed by atoms with van der Waals surface area (Å²) in [6, 6.07) is 13.5. The van der Waals surface area contributed by atoms with Crippen molar-refractivity contribution in [3.63, 3.8) is 0 Å². The molecule has 204 valence electrons. The molecular formula is C27H19F6NO4S. The summed E-state index contributed by atoms with van der Waals surface area (Å²) < 4.78 is 90.2. The molecule has 4 aromatic rings. The fraction of sp³-hybridized carbons (Fsp3) is 0.185. The molecule has 12 heteroatoms. The summed E-state index contributed by atoms with van der Waals surface area (Å²) in [7, 11) is 0. The lowest BCUT2D eigenvalue weighted by Crippen LogP contribution is -2.10. The van der Waals surface area contributed by atoms with E-state index >= 15 is 0 Å². The Kier molecular flexibility index (Phi) is 7.86. The van der Waals surface area contributed by atoms with E-state index in [1.54, 1.807) is 19.1 Å². The number of halogens is 6. The van der Waals surface area contributed by atoms with E-state index in [-0.39, 0.29) is 17.9 Å².